The number of nitrogens with one attached hydrogen (secondary N) is 1. The number of piperazine rings is 1. The van der Waals surface area contributed by atoms with Crippen LogP contribution in [0.3, 0.4) is 0 Å². The number of halogens is 2. The van der Waals surface area contributed by atoms with Crippen LogP contribution in [0.2, 0.25) is 5.02 Å². The Kier molecular flexibility index (Phi) is 7.42. The molecule has 25 heavy (non-hydrogen) atoms. The van der Waals surface area contributed by atoms with Gasteiger partial charge in [-0.1, -0.05) is 37.6 Å². The van der Waals surface area contributed by atoms with Gasteiger partial charge in [0, 0.05) is 30.3 Å². The predicted molar refractivity (Wildman–Crippen MR) is 109 cm³/mol. The summed E-state index contributed by atoms with van der Waals surface area (Å²) in [4.78, 5) is 2.46. The summed E-state index contributed by atoms with van der Waals surface area (Å²) in [5.41, 5.74) is 2.66. The Morgan fingerprint density at radius 2 is 1.96 bits per heavy atom. The zero-order chi connectivity index (χ0) is 16.9. The highest BCUT2D eigenvalue weighted by atomic mass is 35.5. The molecular formula is C20H26Cl2N2O. The van der Waals surface area contributed by atoms with Crippen LogP contribution in [0.4, 0.5) is 5.69 Å². The summed E-state index contributed by atoms with van der Waals surface area (Å²) >= 11 is 5.93. The lowest BCUT2D eigenvalue weighted by Crippen LogP contribution is -2.54. The fraction of sp³-hybridized carbons (Fsp3) is 0.400. The van der Waals surface area contributed by atoms with E-state index >= 15 is 0 Å². The van der Waals surface area contributed by atoms with Crippen molar-refractivity contribution in [3.05, 3.63) is 59.1 Å². The molecule has 0 aliphatic carbocycles. The lowest BCUT2D eigenvalue weighted by molar-refractivity contribution is 0.267. The molecule has 3 rings (SSSR count). The maximum atomic E-state index is 5.99. The van der Waals surface area contributed by atoms with E-state index in [2.05, 4.69) is 48.3 Å². The van der Waals surface area contributed by atoms with E-state index in [9.17, 15) is 0 Å². The van der Waals surface area contributed by atoms with E-state index in [0.29, 0.717) is 18.6 Å². The number of rotatable bonds is 5. The third-order valence-corrected chi connectivity index (χ3v) is 4.73. The van der Waals surface area contributed by atoms with Crippen LogP contribution < -0.4 is 15.0 Å². The van der Waals surface area contributed by atoms with Gasteiger partial charge >= 0.3 is 0 Å². The Labute approximate surface area is 161 Å². The van der Waals surface area contributed by atoms with Gasteiger partial charge in [0.1, 0.15) is 12.4 Å². The van der Waals surface area contributed by atoms with E-state index in [1.165, 1.54) is 11.3 Å². The lowest BCUT2D eigenvalue weighted by atomic mass is 10.0. The van der Waals surface area contributed by atoms with Crippen LogP contribution in [0.15, 0.2) is 48.5 Å². The second-order valence-electron chi connectivity index (χ2n) is 6.57. The number of ether oxygens (including phenoxy) is 1. The van der Waals surface area contributed by atoms with Gasteiger partial charge in [-0.3, -0.25) is 0 Å². The molecule has 2 aromatic carbocycles. The monoisotopic (exact) mass is 380 g/mol. The molecular weight excluding hydrogens is 355 g/mol. The first-order chi connectivity index (χ1) is 11.6. The maximum Gasteiger partial charge on any atom is 0.119 e. The molecule has 1 fully saturated rings. The normalized spacial score (nSPS) is 17.3. The minimum absolute atomic E-state index is 0. The van der Waals surface area contributed by atoms with Crippen molar-refractivity contribution in [1.29, 1.82) is 0 Å². The van der Waals surface area contributed by atoms with Crippen LogP contribution in [0.5, 0.6) is 5.75 Å². The molecule has 1 N–H and O–H groups in total. The summed E-state index contributed by atoms with van der Waals surface area (Å²) in [6.07, 6.45) is 0. The van der Waals surface area contributed by atoms with Gasteiger partial charge in [-0.05, 0) is 47.9 Å². The van der Waals surface area contributed by atoms with Crippen LogP contribution in [0, 0.1) is 0 Å². The average molecular weight is 381 g/mol. The number of hydrogen-bond acceptors (Lipinski definition) is 3. The predicted octanol–water partition coefficient (Wildman–Crippen LogP) is 4.74. The molecule has 3 nitrogen and oxygen atoms in total. The van der Waals surface area contributed by atoms with Gasteiger partial charge < -0.3 is 15.0 Å². The van der Waals surface area contributed by atoms with Crippen molar-refractivity contribution < 1.29 is 4.74 Å². The summed E-state index contributed by atoms with van der Waals surface area (Å²) in [6.45, 7) is 8.05. The van der Waals surface area contributed by atoms with Crippen molar-refractivity contribution in [3.8, 4) is 5.75 Å². The molecule has 1 saturated heterocycles. The fourth-order valence-electron chi connectivity index (χ4n) is 3.04. The van der Waals surface area contributed by atoms with Gasteiger partial charge in [0.15, 0.2) is 0 Å². The minimum atomic E-state index is 0. The molecule has 1 unspecified atom stereocenters. The van der Waals surface area contributed by atoms with E-state index in [1.807, 2.05) is 24.3 Å². The van der Waals surface area contributed by atoms with Crippen molar-refractivity contribution in [3.63, 3.8) is 0 Å². The van der Waals surface area contributed by atoms with Gasteiger partial charge in [-0.15, -0.1) is 12.4 Å². The van der Waals surface area contributed by atoms with Gasteiger partial charge in [0.2, 0.25) is 0 Å². The number of nitrogens with zero attached hydrogens (tertiary/aromatic N) is 1. The first-order valence-corrected chi connectivity index (χ1v) is 8.97. The second-order valence-corrected chi connectivity index (χ2v) is 7.00. The Morgan fingerprint density at radius 1 is 1.20 bits per heavy atom. The number of benzene rings is 2. The van der Waals surface area contributed by atoms with Crippen LogP contribution >= 0.6 is 24.0 Å². The largest absolute Gasteiger partial charge is 0.491 e. The summed E-state index contributed by atoms with van der Waals surface area (Å²) in [5.74, 6) is 1.40. The Morgan fingerprint density at radius 3 is 2.68 bits per heavy atom. The molecule has 0 saturated carbocycles. The fourth-order valence-corrected chi connectivity index (χ4v) is 3.16. The highest BCUT2D eigenvalue weighted by molar-refractivity contribution is 6.30. The Hall–Kier alpha value is -1.42. The lowest BCUT2D eigenvalue weighted by Gasteiger charge is -2.38. The van der Waals surface area contributed by atoms with Crippen LogP contribution in [0.25, 0.3) is 0 Å². The summed E-state index contributed by atoms with van der Waals surface area (Å²) in [6, 6.07) is 16.7. The Balaban J connectivity index is 0.00000225. The third kappa shape index (κ3) is 5.27. The molecule has 0 amide bonds. The quantitative estimate of drug-likeness (QED) is 0.810. The molecule has 1 aliphatic rings. The van der Waals surface area contributed by atoms with Crippen LogP contribution in [-0.4, -0.2) is 32.3 Å². The summed E-state index contributed by atoms with van der Waals surface area (Å²) in [5, 5.41) is 4.20. The molecule has 1 aliphatic heterocycles. The van der Waals surface area contributed by atoms with Crippen LogP contribution in [-0.2, 0) is 0 Å². The Bertz CT molecular complexity index is 661. The molecule has 2 aromatic rings. The minimum Gasteiger partial charge on any atom is -0.491 e. The van der Waals surface area contributed by atoms with Gasteiger partial charge in [-0.2, -0.15) is 0 Å². The van der Waals surface area contributed by atoms with Crippen molar-refractivity contribution in [1.82, 2.24) is 5.32 Å². The molecule has 1 heterocycles. The molecule has 5 heteroatoms. The van der Waals surface area contributed by atoms with Crippen molar-refractivity contribution in [2.45, 2.75) is 25.8 Å². The molecule has 136 valence electrons. The van der Waals surface area contributed by atoms with Gasteiger partial charge in [0.05, 0.1) is 6.04 Å². The van der Waals surface area contributed by atoms with Crippen molar-refractivity contribution in [2.75, 3.05) is 31.1 Å². The maximum absolute atomic E-state index is 5.99. The van der Waals surface area contributed by atoms with E-state index in [4.69, 9.17) is 16.3 Å². The summed E-state index contributed by atoms with van der Waals surface area (Å²) in [7, 11) is 0. The molecule has 0 aromatic heterocycles. The topological polar surface area (TPSA) is 24.5 Å². The first-order valence-electron chi connectivity index (χ1n) is 8.59. The zero-order valence-corrected chi connectivity index (χ0v) is 16.3. The van der Waals surface area contributed by atoms with Gasteiger partial charge in [0.25, 0.3) is 0 Å². The summed E-state index contributed by atoms with van der Waals surface area (Å²) < 4.78 is 5.99. The molecule has 0 bridgehead atoms. The van der Waals surface area contributed by atoms with Crippen molar-refractivity contribution in [2.24, 2.45) is 0 Å². The highest BCUT2D eigenvalue weighted by Gasteiger charge is 2.23. The van der Waals surface area contributed by atoms with Crippen molar-refractivity contribution >= 4 is 29.7 Å². The van der Waals surface area contributed by atoms with Gasteiger partial charge in [-0.25, -0.2) is 0 Å². The highest BCUT2D eigenvalue weighted by Crippen LogP contribution is 2.24. The molecule has 0 spiro atoms. The van der Waals surface area contributed by atoms with Crippen LogP contribution in [0.1, 0.15) is 25.3 Å². The smallest absolute Gasteiger partial charge is 0.119 e. The van der Waals surface area contributed by atoms with E-state index < -0.39 is 0 Å². The average Bonchev–Trinajstić information content (AvgIpc) is 2.61. The SMILES string of the molecule is CC(C)c1cccc(N2CCNCC2COc2ccc(Cl)cc2)c1.Cl. The van der Waals surface area contributed by atoms with E-state index in [1.54, 1.807) is 0 Å². The van der Waals surface area contributed by atoms with E-state index in [0.717, 1.165) is 30.4 Å². The molecule has 1 atom stereocenters. The zero-order valence-electron chi connectivity index (χ0n) is 14.7. The molecule has 0 radical (unpaired) electrons. The standard InChI is InChI=1S/C20H25ClN2O.ClH/c1-15(2)16-4-3-5-18(12-16)23-11-10-22-13-19(23)14-24-20-8-6-17(21)7-9-20;/h3-9,12,15,19,22H,10-11,13-14H2,1-2H3;1H. The second kappa shape index (κ2) is 9.33. The first kappa shape index (κ1) is 19.9. The number of anilines is 1. The number of hydrogen-bond donors (Lipinski definition) is 1. The third-order valence-electron chi connectivity index (χ3n) is 4.47. The van der Waals surface area contributed by atoms with E-state index in [-0.39, 0.29) is 12.4 Å².